The summed E-state index contributed by atoms with van der Waals surface area (Å²) in [6.45, 7) is 8.44. The van der Waals surface area contributed by atoms with E-state index in [-0.39, 0.29) is 5.97 Å². The molecule has 0 fully saturated rings. The van der Waals surface area contributed by atoms with E-state index < -0.39 is 0 Å². The number of carbonyl (C=O) groups is 1. The first-order valence-corrected chi connectivity index (χ1v) is 12.8. The molecule has 170 valence electrons. The van der Waals surface area contributed by atoms with Gasteiger partial charge in [-0.05, 0) is 55.2 Å². The van der Waals surface area contributed by atoms with Crippen LogP contribution in [0, 0.1) is 6.92 Å². The zero-order chi connectivity index (χ0) is 23.4. The predicted molar refractivity (Wildman–Crippen MR) is 138 cm³/mol. The summed E-state index contributed by atoms with van der Waals surface area (Å²) in [5, 5.41) is 4.34. The van der Waals surface area contributed by atoms with E-state index in [0.717, 1.165) is 26.4 Å². The Morgan fingerprint density at radius 1 is 1.09 bits per heavy atom. The standard InChI is InChI=1S/C26H27N3O2S2/c1-5-31-26(30)23-17(4)22-24(27-19-13-11-18(12-14-19)16(2)3)28-21(29-25(22)33-23)15-32-20-9-7-6-8-10-20/h6-14,16H,5,15H2,1-4H3,(H,27,28,29). The topological polar surface area (TPSA) is 64.1 Å². The number of anilines is 2. The van der Waals surface area contributed by atoms with E-state index in [9.17, 15) is 4.79 Å². The van der Waals surface area contributed by atoms with Gasteiger partial charge in [0.2, 0.25) is 0 Å². The summed E-state index contributed by atoms with van der Waals surface area (Å²) in [5.74, 6) is 2.22. The van der Waals surface area contributed by atoms with Gasteiger partial charge in [-0.25, -0.2) is 14.8 Å². The average molecular weight is 478 g/mol. The minimum absolute atomic E-state index is 0.314. The normalized spacial score (nSPS) is 11.2. The Morgan fingerprint density at radius 3 is 2.48 bits per heavy atom. The van der Waals surface area contributed by atoms with Crippen molar-refractivity contribution >= 4 is 50.8 Å². The van der Waals surface area contributed by atoms with Gasteiger partial charge in [0.15, 0.2) is 0 Å². The number of aryl methyl sites for hydroxylation is 1. The minimum Gasteiger partial charge on any atom is -0.462 e. The second-order valence-corrected chi connectivity index (χ2v) is 10.00. The number of hydrogen-bond acceptors (Lipinski definition) is 7. The van der Waals surface area contributed by atoms with Gasteiger partial charge in [-0.3, -0.25) is 0 Å². The number of thioether (sulfide) groups is 1. The fourth-order valence-corrected chi connectivity index (χ4v) is 5.35. The molecule has 0 aliphatic heterocycles. The maximum absolute atomic E-state index is 12.5. The van der Waals surface area contributed by atoms with E-state index in [1.165, 1.54) is 16.9 Å². The SMILES string of the molecule is CCOC(=O)c1sc2nc(CSc3ccccc3)nc(Nc3ccc(C(C)C)cc3)c2c1C. The molecule has 5 nitrogen and oxygen atoms in total. The number of rotatable bonds is 8. The largest absolute Gasteiger partial charge is 0.462 e. The number of fused-ring (bicyclic) bond motifs is 1. The first-order valence-electron chi connectivity index (χ1n) is 11.0. The molecule has 4 rings (SSSR count). The van der Waals surface area contributed by atoms with Gasteiger partial charge in [0.05, 0.1) is 17.7 Å². The molecular formula is C26H27N3O2S2. The van der Waals surface area contributed by atoms with Crippen LogP contribution in [0.25, 0.3) is 10.2 Å². The summed E-state index contributed by atoms with van der Waals surface area (Å²) in [6.07, 6.45) is 0. The summed E-state index contributed by atoms with van der Waals surface area (Å²) in [5.41, 5.74) is 3.08. The molecule has 7 heteroatoms. The van der Waals surface area contributed by atoms with Crippen LogP contribution < -0.4 is 5.32 Å². The van der Waals surface area contributed by atoms with Gasteiger partial charge in [0.1, 0.15) is 21.3 Å². The molecule has 0 aliphatic rings. The Bertz CT molecular complexity index is 1250. The van der Waals surface area contributed by atoms with Crippen LogP contribution in [0.1, 0.15) is 53.3 Å². The number of aromatic nitrogens is 2. The van der Waals surface area contributed by atoms with Crippen molar-refractivity contribution in [2.75, 3.05) is 11.9 Å². The number of benzene rings is 2. The number of nitrogens with one attached hydrogen (secondary N) is 1. The lowest BCUT2D eigenvalue weighted by molar-refractivity contribution is 0.0531. The van der Waals surface area contributed by atoms with Crippen molar-refractivity contribution in [3.05, 3.63) is 76.4 Å². The smallest absolute Gasteiger partial charge is 0.348 e. The Kier molecular flexibility index (Phi) is 7.30. The number of esters is 1. The average Bonchev–Trinajstić information content (AvgIpc) is 3.15. The Hall–Kier alpha value is -2.90. The zero-order valence-corrected chi connectivity index (χ0v) is 20.8. The number of carbonyl (C=O) groups excluding carboxylic acids is 1. The Balaban J connectivity index is 1.72. The first kappa shape index (κ1) is 23.3. The molecule has 0 amide bonds. The molecule has 0 saturated carbocycles. The van der Waals surface area contributed by atoms with Crippen LogP contribution in [0.2, 0.25) is 0 Å². The van der Waals surface area contributed by atoms with Gasteiger partial charge in [0.25, 0.3) is 0 Å². The highest BCUT2D eigenvalue weighted by molar-refractivity contribution is 7.98. The molecule has 33 heavy (non-hydrogen) atoms. The van der Waals surface area contributed by atoms with Gasteiger partial charge in [0, 0.05) is 10.6 Å². The van der Waals surface area contributed by atoms with E-state index in [0.29, 0.717) is 34.8 Å². The van der Waals surface area contributed by atoms with E-state index in [1.54, 1.807) is 11.8 Å². The number of hydrogen-bond donors (Lipinski definition) is 1. The highest BCUT2D eigenvalue weighted by Crippen LogP contribution is 2.36. The molecule has 0 bridgehead atoms. The molecule has 1 N–H and O–H groups in total. The van der Waals surface area contributed by atoms with Crippen LogP contribution in [0.3, 0.4) is 0 Å². The highest BCUT2D eigenvalue weighted by atomic mass is 32.2. The summed E-state index contributed by atoms with van der Waals surface area (Å²) in [4.78, 5) is 24.7. The van der Waals surface area contributed by atoms with Crippen molar-refractivity contribution < 1.29 is 9.53 Å². The maximum atomic E-state index is 12.5. The maximum Gasteiger partial charge on any atom is 0.348 e. The van der Waals surface area contributed by atoms with Crippen molar-refractivity contribution in [2.45, 2.75) is 44.3 Å². The van der Waals surface area contributed by atoms with Crippen molar-refractivity contribution in [1.82, 2.24) is 9.97 Å². The molecule has 2 aromatic carbocycles. The monoisotopic (exact) mass is 477 g/mol. The van der Waals surface area contributed by atoms with Crippen LogP contribution in [-0.2, 0) is 10.5 Å². The lowest BCUT2D eigenvalue weighted by atomic mass is 10.0. The fraction of sp³-hybridized carbons (Fsp3) is 0.269. The zero-order valence-electron chi connectivity index (χ0n) is 19.2. The third-order valence-electron chi connectivity index (χ3n) is 5.25. The van der Waals surface area contributed by atoms with Gasteiger partial charge in [-0.1, -0.05) is 44.2 Å². The third-order valence-corrected chi connectivity index (χ3v) is 7.42. The van der Waals surface area contributed by atoms with Gasteiger partial charge < -0.3 is 10.1 Å². The van der Waals surface area contributed by atoms with Crippen molar-refractivity contribution in [1.29, 1.82) is 0 Å². The molecule has 0 unspecified atom stereocenters. The molecule has 4 aromatic rings. The number of ether oxygens (including phenoxy) is 1. The molecule has 0 atom stereocenters. The molecule has 0 radical (unpaired) electrons. The van der Waals surface area contributed by atoms with Crippen molar-refractivity contribution in [2.24, 2.45) is 0 Å². The third kappa shape index (κ3) is 5.37. The molecule has 0 spiro atoms. The number of thiophene rings is 1. The van der Waals surface area contributed by atoms with Crippen molar-refractivity contribution in [3.8, 4) is 0 Å². The molecule has 0 saturated heterocycles. The summed E-state index contributed by atoms with van der Waals surface area (Å²) < 4.78 is 5.27. The second kappa shape index (κ2) is 10.4. The quantitative estimate of drug-likeness (QED) is 0.212. The van der Waals surface area contributed by atoms with Crippen LogP contribution in [0.15, 0.2) is 59.5 Å². The predicted octanol–water partition coefficient (Wildman–Crippen LogP) is 7.34. The van der Waals surface area contributed by atoms with E-state index in [4.69, 9.17) is 14.7 Å². The Labute approximate surface area is 202 Å². The summed E-state index contributed by atoms with van der Waals surface area (Å²) in [7, 11) is 0. The molecule has 2 heterocycles. The molecular weight excluding hydrogens is 450 g/mol. The number of nitrogens with zero attached hydrogens (tertiary/aromatic N) is 2. The van der Waals surface area contributed by atoms with Crippen LogP contribution >= 0.6 is 23.1 Å². The lowest BCUT2D eigenvalue weighted by Crippen LogP contribution is -2.04. The minimum atomic E-state index is -0.314. The molecule has 2 aromatic heterocycles. The Morgan fingerprint density at radius 2 is 1.82 bits per heavy atom. The lowest BCUT2D eigenvalue weighted by Gasteiger charge is -2.11. The van der Waals surface area contributed by atoms with E-state index in [1.807, 2.05) is 32.0 Å². The van der Waals surface area contributed by atoms with Crippen LogP contribution in [0.5, 0.6) is 0 Å². The summed E-state index contributed by atoms with van der Waals surface area (Å²) >= 11 is 3.05. The fourth-order valence-electron chi connectivity index (χ4n) is 3.48. The van der Waals surface area contributed by atoms with E-state index in [2.05, 4.69) is 55.6 Å². The van der Waals surface area contributed by atoms with Crippen molar-refractivity contribution in [3.63, 3.8) is 0 Å². The molecule has 0 aliphatic carbocycles. The van der Waals surface area contributed by atoms with Crippen LogP contribution in [0.4, 0.5) is 11.5 Å². The van der Waals surface area contributed by atoms with Gasteiger partial charge >= 0.3 is 5.97 Å². The van der Waals surface area contributed by atoms with Crippen LogP contribution in [-0.4, -0.2) is 22.5 Å². The van der Waals surface area contributed by atoms with Gasteiger partial charge in [-0.2, -0.15) is 0 Å². The summed E-state index contributed by atoms with van der Waals surface area (Å²) in [6, 6.07) is 18.6. The highest BCUT2D eigenvalue weighted by Gasteiger charge is 2.21. The van der Waals surface area contributed by atoms with Gasteiger partial charge in [-0.15, -0.1) is 23.1 Å². The van der Waals surface area contributed by atoms with E-state index >= 15 is 0 Å². The second-order valence-electron chi connectivity index (χ2n) is 7.95. The first-order chi connectivity index (χ1) is 16.0.